The van der Waals surface area contributed by atoms with E-state index in [1.165, 1.54) is 12.1 Å². The van der Waals surface area contributed by atoms with Gasteiger partial charge in [-0.05, 0) is 5.56 Å². The number of hydrogen-bond acceptors (Lipinski definition) is 3. The molecule has 0 spiro atoms. The fourth-order valence-electron chi connectivity index (χ4n) is 1.32. The molecule has 2 rings (SSSR count). The Bertz CT molecular complexity index is 338. The molecule has 1 aromatic carbocycles. The Kier molecular flexibility index (Phi) is 3.55. The SMILES string of the molecule is O=C(O)[C@H]1N[C@H]1c1ccc([O-])cc1.[Na+]. The summed E-state index contributed by atoms with van der Waals surface area (Å²) in [4.78, 5) is 10.5. The van der Waals surface area contributed by atoms with Gasteiger partial charge in [-0.3, -0.25) is 10.1 Å². The second kappa shape index (κ2) is 4.31. The maximum atomic E-state index is 10.7. The Morgan fingerprint density at radius 2 is 1.93 bits per heavy atom. The molecule has 1 saturated heterocycles. The first-order valence-corrected chi connectivity index (χ1v) is 3.94. The van der Waals surface area contributed by atoms with Crippen LogP contribution in [0.25, 0.3) is 0 Å². The van der Waals surface area contributed by atoms with Crippen molar-refractivity contribution in [3.05, 3.63) is 29.8 Å². The number of hydrogen-bond donors (Lipinski definition) is 2. The summed E-state index contributed by atoms with van der Waals surface area (Å²) >= 11 is 0. The first-order chi connectivity index (χ1) is 6.18. The smallest absolute Gasteiger partial charge is 0.872 e. The second-order valence-corrected chi connectivity index (χ2v) is 3.03. The summed E-state index contributed by atoms with van der Waals surface area (Å²) in [6.07, 6.45) is 0. The van der Waals surface area contributed by atoms with Crippen LogP contribution < -0.4 is 40.0 Å². The number of benzene rings is 1. The van der Waals surface area contributed by atoms with E-state index in [2.05, 4.69) is 5.32 Å². The van der Waals surface area contributed by atoms with Crippen LogP contribution in [0.1, 0.15) is 11.6 Å². The van der Waals surface area contributed by atoms with Crippen molar-refractivity contribution in [3.8, 4) is 5.75 Å². The Hall–Kier alpha value is -0.550. The van der Waals surface area contributed by atoms with Gasteiger partial charge in [0.1, 0.15) is 6.04 Å². The summed E-state index contributed by atoms with van der Waals surface area (Å²) in [6, 6.07) is 5.57. The summed E-state index contributed by atoms with van der Waals surface area (Å²) in [6.45, 7) is 0. The summed E-state index contributed by atoms with van der Waals surface area (Å²) < 4.78 is 0. The third-order valence-electron chi connectivity index (χ3n) is 2.09. The Morgan fingerprint density at radius 3 is 2.36 bits per heavy atom. The summed E-state index contributed by atoms with van der Waals surface area (Å²) in [5, 5.41) is 22.2. The molecule has 0 radical (unpaired) electrons. The van der Waals surface area contributed by atoms with Crippen LogP contribution in [-0.4, -0.2) is 17.1 Å². The van der Waals surface area contributed by atoms with Crippen LogP contribution in [0.15, 0.2) is 24.3 Å². The van der Waals surface area contributed by atoms with E-state index in [0.29, 0.717) is 0 Å². The zero-order valence-electron chi connectivity index (χ0n) is 7.73. The van der Waals surface area contributed by atoms with Gasteiger partial charge in [0.25, 0.3) is 0 Å². The molecule has 1 aliphatic heterocycles. The van der Waals surface area contributed by atoms with E-state index in [4.69, 9.17) is 5.11 Å². The molecule has 1 heterocycles. The minimum absolute atomic E-state index is 0. The molecule has 0 unspecified atom stereocenters. The van der Waals surface area contributed by atoms with E-state index < -0.39 is 12.0 Å². The van der Waals surface area contributed by atoms with Gasteiger partial charge < -0.3 is 10.2 Å². The Balaban J connectivity index is 0.000000980. The summed E-state index contributed by atoms with van der Waals surface area (Å²) in [5.74, 6) is -0.910. The minimum Gasteiger partial charge on any atom is -0.872 e. The molecule has 68 valence electrons. The predicted octanol–water partition coefficient (Wildman–Crippen LogP) is -3.14. The fourth-order valence-corrected chi connectivity index (χ4v) is 1.32. The number of carbonyl (C=O) groups is 1. The zero-order valence-corrected chi connectivity index (χ0v) is 9.73. The van der Waals surface area contributed by atoms with Crippen molar-refractivity contribution >= 4 is 5.97 Å². The van der Waals surface area contributed by atoms with Gasteiger partial charge in [0.2, 0.25) is 0 Å². The molecular formula is C9H8NNaO3. The van der Waals surface area contributed by atoms with Crippen molar-refractivity contribution in [2.75, 3.05) is 0 Å². The van der Waals surface area contributed by atoms with Crippen LogP contribution in [0.2, 0.25) is 0 Å². The zero-order chi connectivity index (χ0) is 9.42. The molecule has 0 bridgehead atoms. The Labute approximate surface area is 103 Å². The second-order valence-electron chi connectivity index (χ2n) is 3.03. The molecule has 14 heavy (non-hydrogen) atoms. The first kappa shape index (κ1) is 11.5. The van der Waals surface area contributed by atoms with Crippen molar-refractivity contribution in [1.82, 2.24) is 5.32 Å². The summed E-state index contributed by atoms with van der Waals surface area (Å²) in [5.41, 5.74) is 0.854. The molecule has 0 amide bonds. The molecule has 0 aromatic heterocycles. The van der Waals surface area contributed by atoms with Crippen LogP contribution in [-0.2, 0) is 4.79 Å². The van der Waals surface area contributed by atoms with Crippen LogP contribution >= 0.6 is 0 Å². The van der Waals surface area contributed by atoms with Gasteiger partial charge in [-0.15, -0.1) is 5.75 Å². The average molecular weight is 201 g/mol. The molecule has 5 heteroatoms. The predicted molar refractivity (Wildman–Crippen MR) is 43.2 cm³/mol. The van der Waals surface area contributed by atoms with E-state index in [1.54, 1.807) is 12.1 Å². The number of aliphatic carboxylic acids is 1. The van der Waals surface area contributed by atoms with Gasteiger partial charge in [-0.2, -0.15) is 0 Å². The van der Waals surface area contributed by atoms with Gasteiger partial charge in [0.05, 0.1) is 6.04 Å². The molecule has 1 aliphatic rings. The quantitative estimate of drug-likeness (QED) is 0.391. The monoisotopic (exact) mass is 201 g/mol. The van der Waals surface area contributed by atoms with E-state index in [0.717, 1.165) is 5.56 Å². The number of carboxylic acids is 1. The number of nitrogens with one attached hydrogen (secondary N) is 1. The molecule has 1 fully saturated rings. The van der Waals surface area contributed by atoms with Gasteiger partial charge in [0.15, 0.2) is 0 Å². The van der Waals surface area contributed by atoms with Crippen LogP contribution in [0.4, 0.5) is 0 Å². The van der Waals surface area contributed by atoms with Gasteiger partial charge >= 0.3 is 35.5 Å². The molecule has 0 aliphatic carbocycles. The van der Waals surface area contributed by atoms with Crippen molar-refractivity contribution in [2.45, 2.75) is 12.1 Å². The maximum Gasteiger partial charge on any atom is 1.00 e. The van der Waals surface area contributed by atoms with Gasteiger partial charge in [-0.25, -0.2) is 0 Å². The third-order valence-corrected chi connectivity index (χ3v) is 2.09. The molecule has 0 saturated carbocycles. The first-order valence-electron chi connectivity index (χ1n) is 3.94. The van der Waals surface area contributed by atoms with E-state index in [9.17, 15) is 9.90 Å². The van der Waals surface area contributed by atoms with Crippen LogP contribution in [0.3, 0.4) is 0 Å². The van der Waals surface area contributed by atoms with E-state index >= 15 is 0 Å². The number of rotatable bonds is 2. The standard InChI is InChI=1S/C9H9NO3.Na/c11-6-3-1-5(2-4-6)7-8(10-7)9(12)13;/h1-4,7-8,10-11H,(H,12,13);/q;+1/p-1/t7-,8-;/m0./s1. The largest absolute Gasteiger partial charge is 1.00 e. The molecular weight excluding hydrogens is 193 g/mol. The molecule has 2 atom stereocenters. The molecule has 1 aromatic rings. The average Bonchev–Trinajstić information content (AvgIpc) is 2.85. The molecule has 2 N–H and O–H groups in total. The molecule has 4 nitrogen and oxygen atoms in total. The number of carboxylic acid groups (broad SMARTS) is 1. The summed E-state index contributed by atoms with van der Waals surface area (Å²) in [7, 11) is 0. The topological polar surface area (TPSA) is 82.3 Å². The van der Waals surface area contributed by atoms with Crippen molar-refractivity contribution in [1.29, 1.82) is 0 Å². The fraction of sp³-hybridized carbons (Fsp3) is 0.222. The maximum absolute atomic E-state index is 10.7. The van der Waals surface area contributed by atoms with Crippen molar-refractivity contribution in [2.24, 2.45) is 0 Å². The minimum atomic E-state index is -0.851. The van der Waals surface area contributed by atoms with Crippen molar-refractivity contribution < 1.29 is 44.6 Å². The van der Waals surface area contributed by atoms with Crippen LogP contribution in [0.5, 0.6) is 5.75 Å². The van der Waals surface area contributed by atoms with Crippen LogP contribution in [0, 0.1) is 0 Å². The third kappa shape index (κ3) is 2.27. The van der Waals surface area contributed by atoms with Gasteiger partial charge in [-0.1, -0.05) is 24.3 Å². The normalized spacial score (nSPS) is 23.7. The van der Waals surface area contributed by atoms with E-state index in [1.807, 2.05) is 0 Å². The van der Waals surface area contributed by atoms with E-state index in [-0.39, 0.29) is 41.3 Å². The van der Waals surface area contributed by atoms with Crippen molar-refractivity contribution in [3.63, 3.8) is 0 Å². The van der Waals surface area contributed by atoms with Gasteiger partial charge in [0, 0.05) is 0 Å². The Morgan fingerprint density at radius 1 is 1.36 bits per heavy atom.